The first-order chi connectivity index (χ1) is 12.8. The van der Waals surface area contributed by atoms with Crippen LogP contribution < -0.4 is 11.1 Å². The van der Waals surface area contributed by atoms with E-state index >= 15 is 0 Å². The molecule has 0 radical (unpaired) electrons. The zero-order valence-corrected chi connectivity index (χ0v) is 16.0. The van der Waals surface area contributed by atoms with Crippen LogP contribution >= 0.6 is 0 Å². The van der Waals surface area contributed by atoms with E-state index in [2.05, 4.69) is 24.1 Å². The first-order valence-corrected chi connectivity index (χ1v) is 9.15. The molecule has 1 saturated heterocycles. The predicted molar refractivity (Wildman–Crippen MR) is 106 cm³/mol. The second kappa shape index (κ2) is 7.48. The number of anilines is 1. The van der Waals surface area contributed by atoms with Crippen molar-refractivity contribution in [2.45, 2.75) is 33.2 Å². The van der Waals surface area contributed by atoms with Crippen LogP contribution in [0.1, 0.15) is 46.5 Å². The van der Waals surface area contributed by atoms with Crippen molar-refractivity contribution in [1.82, 2.24) is 9.88 Å². The molecule has 6 nitrogen and oxygen atoms in total. The molecule has 2 aromatic rings. The molecule has 1 atom stereocenters. The molecule has 27 heavy (non-hydrogen) atoms. The number of hydrogen-bond donors (Lipinski definition) is 2. The van der Waals surface area contributed by atoms with Crippen LogP contribution in [0.15, 0.2) is 42.7 Å². The van der Waals surface area contributed by atoms with Crippen molar-refractivity contribution >= 4 is 17.5 Å². The maximum Gasteiger partial charge on any atom is 0.255 e. The maximum absolute atomic E-state index is 13.2. The Kier molecular flexibility index (Phi) is 5.28. The SMILES string of the molecule is Cc1cccc(C(=O)N2CCC(N)C(C)(C)C2)c1NC(=O)c1ccncc1. The summed E-state index contributed by atoms with van der Waals surface area (Å²) in [4.78, 5) is 31.6. The summed E-state index contributed by atoms with van der Waals surface area (Å²) in [5, 5.41) is 2.91. The summed E-state index contributed by atoms with van der Waals surface area (Å²) < 4.78 is 0. The molecule has 3 N–H and O–H groups in total. The van der Waals surface area contributed by atoms with Gasteiger partial charge in [0.25, 0.3) is 11.8 Å². The minimum absolute atomic E-state index is 0.0740. The van der Waals surface area contributed by atoms with Crippen molar-refractivity contribution in [1.29, 1.82) is 0 Å². The number of hydrogen-bond acceptors (Lipinski definition) is 4. The van der Waals surface area contributed by atoms with Gasteiger partial charge in [0.15, 0.2) is 0 Å². The van der Waals surface area contributed by atoms with Crippen molar-refractivity contribution in [2.24, 2.45) is 11.1 Å². The second-order valence-electron chi connectivity index (χ2n) is 7.80. The second-order valence-corrected chi connectivity index (χ2v) is 7.80. The molecule has 1 aromatic carbocycles. The molecule has 2 heterocycles. The summed E-state index contributed by atoms with van der Waals surface area (Å²) in [7, 11) is 0. The van der Waals surface area contributed by atoms with Gasteiger partial charge >= 0.3 is 0 Å². The molecule has 1 aromatic heterocycles. The van der Waals surface area contributed by atoms with Crippen LogP contribution in [0, 0.1) is 12.3 Å². The van der Waals surface area contributed by atoms with E-state index in [9.17, 15) is 9.59 Å². The fourth-order valence-electron chi connectivity index (χ4n) is 3.42. The minimum Gasteiger partial charge on any atom is -0.338 e. The summed E-state index contributed by atoms with van der Waals surface area (Å²) in [6.07, 6.45) is 3.90. The number of pyridine rings is 1. The third kappa shape index (κ3) is 4.01. The largest absolute Gasteiger partial charge is 0.338 e. The fraction of sp³-hybridized carbons (Fsp3) is 0.381. The van der Waals surface area contributed by atoms with Crippen molar-refractivity contribution in [3.63, 3.8) is 0 Å². The molecule has 1 aliphatic rings. The molecule has 1 fully saturated rings. The van der Waals surface area contributed by atoms with Crippen molar-refractivity contribution in [2.75, 3.05) is 18.4 Å². The van der Waals surface area contributed by atoms with E-state index in [1.54, 1.807) is 30.6 Å². The first kappa shape index (κ1) is 19.0. The number of carbonyl (C=O) groups is 2. The lowest BCUT2D eigenvalue weighted by atomic mass is 9.79. The smallest absolute Gasteiger partial charge is 0.255 e. The Morgan fingerprint density at radius 3 is 2.59 bits per heavy atom. The first-order valence-electron chi connectivity index (χ1n) is 9.15. The molecule has 0 aliphatic carbocycles. The molecule has 142 valence electrons. The number of benzene rings is 1. The van der Waals surface area contributed by atoms with Gasteiger partial charge in [-0.25, -0.2) is 0 Å². The minimum atomic E-state index is -0.262. The Morgan fingerprint density at radius 2 is 1.93 bits per heavy atom. The summed E-state index contributed by atoms with van der Waals surface area (Å²) >= 11 is 0. The van der Waals surface area contributed by atoms with Crippen LogP contribution in [0.4, 0.5) is 5.69 Å². The van der Waals surface area contributed by atoms with Crippen LogP contribution in [-0.4, -0.2) is 40.8 Å². The summed E-state index contributed by atoms with van der Waals surface area (Å²) in [6, 6.07) is 8.84. The van der Waals surface area contributed by atoms with Crippen LogP contribution in [0.25, 0.3) is 0 Å². The van der Waals surface area contributed by atoms with Gasteiger partial charge in [-0.3, -0.25) is 14.6 Å². The van der Waals surface area contributed by atoms with E-state index in [1.807, 2.05) is 24.0 Å². The Morgan fingerprint density at radius 1 is 1.22 bits per heavy atom. The van der Waals surface area contributed by atoms with Crippen molar-refractivity contribution < 1.29 is 9.59 Å². The van der Waals surface area contributed by atoms with Crippen LogP contribution in [0.2, 0.25) is 0 Å². The highest BCUT2D eigenvalue weighted by atomic mass is 16.2. The Labute approximate surface area is 159 Å². The molecule has 0 bridgehead atoms. The number of piperidine rings is 1. The van der Waals surface area contributed by atoms with Crippen LogP contribution in [-0.2, 0) is 0 Å². The highest BCUT2D eigenvalue weighted by Crippen LogP contribution is 2.30. The third-order valence-electron chi connectivity index (χ3n) is 5.28. The number of nitrogens with one attached hydrogen (secondary N) is 1. The topological polar surface area (TPSA) is 88.3 Å². The Bertz CT molecular complexity index is 849. The Hall–Kier alpha value is -2.73. The number of carbonyl (C=O) groups excluding carboxylic acids is 2. The summed E-state index contributed by atoms with van der Waals surface area (Å²) in [5.74, 6) is -0.342. The lowest BCUT2D eigenvalue weighted by molar-refractivity contribution is 0.0534. The number of aromatic nitrogens is 1. The number of aryl methyl sites for hydroxylation is 1. The van der Waals surface area contributed by atoms with E-state index in [0.717, 1.165) is 12.0 Å². The van der Waals surface area contributed by atoms with Gasteiger partial charge in [-0.2, -0.15) is 0 Å². The van der Waals surface area contributed by atoms with E-state index in [4.69, 9.17) is 5.73 Å². The molecule has 1 aliphatic heterocycles. The lowest BCUT2D eigenvalue weighted by Gasteiger charge is -2.42. The quantitative estimate of drug-likeness (QED) is 0.874. The zero-order chi connectivity index (χ0) is 19.6. The molecule has 3 rings (SSSR count). The average molecular weight is 366 g/mol. The van der Waals surface area contributed by atoms with E-state index in [0.29, 0.717) is 29.9 Å². The Balaban J connectivity index is 1.87. The van der Waals surface area contributed by atoms with Gasteiger partial charge in [0.1, 0.15) is 0 Å². The zero-order valence-electron chi connectivity index (χ0n) is 16.0. The third-order valence-corrected chi connectivity index (χ3v) is 5.28. The van der Waals surface area contributed by atoms with Gasteiger partial charge in [0.2, 0.25) is 0 Å². The standard InChI is InChI=1S/C21H26N4O2/c1-14-5-4-6-16(18(14)24-19(26)15-7-10-23-11-8-15)20(27)25-12-9-17(22)21(2,3)13-25/h4-8,10-11,17H,9,12-13,22H2,1-3H3,(H,24,26). The van der Waals surface area contributed by atoms with Gasteiger partial charge < -0.3 is 16.0 Å². The van der Waals surface area contributed by atoms with Crippen molar-refractivity contribution in [3.05, 3.63) is 59.4 Å². The summed E-state index contributed by atoms with van der Waals surface area (Å²) in [6.45, 7) is 7.27. The number of amides is 2. The molecule has 2 amide bonds. The number of rotatable bonds is 3. The predicted octanol–water partition coefficient (Wildman–Crippen LogP) is 2.84. The van der Waals surface area contributed by atoms with Gasteiger partial charge in [0.05, 0.1) is 11.3 Å². The maximum atomic E-state index is 13.2. The van der Waals surface area contributed by atoms with Crippen molar-refractivity contribution in [3.8, 4) is 0 Å². The van der Waals surface area contributed by atoms with Crippen LogP contribution in [0.3, 0.4) is 0 Å². The number of likely N-dealkylation sites (tertiary alicyclic amines) is 1. The number of para-hydroxylation sites is 1. The highest BCUT2D eigenvalue weighted by Gasteiger charge is 2.36. The number of nitrogens with two attached hydrogens (primary N) is 1. The van der Waals surface area contributed by atoms with Gasteiger partial charge in [-0.15, -0.1) is 0 Å². The molecule has 1 unspecified atom stereocenters. The lowest BCUT2D eigenvalue weighted by Crippen LogP contribution is -2.54. The highest BCUT2D eigenvalue weighted by molar-refractivity contribution is 6.09. The molecule has 0 saturated carbocycles. The average Bonchev–Trinajstić information content (AvgIpc) is 2.65. The van der Waals surface area contributed by atoms with Gasteiger partial charge in [0, 0.05) is 37.1 Å². The fourth-order valence-corrected chi connectivity index (χ4v) is 3.42. The molecule has 6 heteroatoms. The van der Waals surface area contributed by atoms with Gasteiger partial charge in [-0.1, -0.05) is 26.0 Å². The molecular weight excluding hydrogens is 340 g/mol. The van der Waals surface area contributed by atoms with Gasteiger partial charge in [-0.05, 0) is 42.5 Å². The van der Waals surface area contributed by atoms with E-state index in [-0.39, 0.29) is 23.3 Å². The normalized spacial score (nSPS) is 18.8. The van der Waals surface area contributed by atoms with E-state index in [1.165, 1.54) is 0 Å². The number of nitrogens with zero attached hydrogens (tertiary/aromatic N) is 2. The molecular formula is C21H26N4O2. The van der Waals surface area contributed by atoms with E-state index < -0.39 is 0 Å². The monoisotopic (exact) mass is 366 g/mol. The molecule has 0 spiro atoms. The summed E-state index contributed by atoms with van der Waals surface area (Å²) in [5.41, 5.74) is 8.45. The van der Waals surface area contributed by atoms with Crippen LogP contribution in [0.5, 0.6) is 0 Å².